The number of aromatic nitrogens is 2. The second-order valence-electron chi connectivity index (χ2n) is 8.29. The van der Waals surface area contributed by atoms with Crippen molar-refractivity contribution in [3.63, 3.8) is 0 Å². The summed E-state index contributed by atoms with van der Waals surface area (Å²) in [4.78, 5) is 11.4. The van der Waals surface area contributed by atoms with Crippen LogP contribution in [0.5, 0.6) is 11.6 Å². The molecule has 11 heteroatoms. The average Bonchev–Trinajstić information content (AvgIpc) is 2.90. The van der Waals surface area contributed by atoms with Crippen LogP contribution >= 0.6 is 0 Å². The lowest BCUT2D eigenvalue weighted by molar-refractivity contribution is 0.143. The van der Waals surface area contributed by atoms with Gasteiger partial charge in [-0.3, -0.25) is 0 Å². The van der Waals surface area contributed by atoms with E-state index in [-0.39, 0.29) is 4.90 Å². The van der Waals surface area contributed by atoms with E-state index in [0.29, 0.717) is 62.8 Å². The van der Waals surface area contributed by atoms with Gasteiger partial charge in [0, 0.05) is 45.0 Å². The Hall–Kier alpha value is -3.41. The first-order valence-corrected chi connectivity index (χ1v) is 13.1. The number of sulfonamides is 1. The lowest BCUT2D eigenvalue weighted by atomic mass is 10.2. The van der Waals surface area contributed by atoms with Crippen LogP contribution in [-0.4, -0.2) is 76.3 Å². The molecule has 1 aliphatic rings. The van der Waals surface area contributed by atoms with Crippen molar-refractivity contribution in [3.05, 3.63) is 60.2 Å². The van der Waals surface area contributed by atoms with Crippen molar-refractivity contribution in [1.82, 2.24) is 14.3 Å². The predicted molar refractivity (Wildman–Crippen MR) is 138 cm³/mol. The Morgan fingerprint density at radius 1 is 0.917 bits per heavy atom. The van der Waals surface area contributed by atoms with Crippen LogP contribution in [0.15, 0.2) is 59.5 Å². The highest BCUT2D eigenvalue weighted by atomic mass is 32.2. The first kappa shape index (κ1) is 25.7. The number of piperazine rings is 1. The highest BCUT2D eigenvalue weighted by Crippen LogP contribution is 2.25. The summed E-state index contributed by atoms with van der Waals surface area (Å²) in [6.07, 6.45) is 0. The zero-order valence-corrected chi connectivity index (χ0v) is 21.5. The molecule has 0 radical (unpaired) electrons. The maximum absolute atomic E-state index is 13.1. The Balaban J connectivity index is 1.49. The molecule has 0 amide bonds. The number of ether oxygens (including phenoxy) is 3. The third kappa shape index (κ3) is 6.23. The van der Waals surface area contributed by atoms with Gasteiger partial charge in [-0.15, -0.1) is 0 Å². The summed E-state index contributed by atoms with van der Waals surface area (Å²) in [5.41, 5.74) is 2.05. The second kappa shape index (κ2) is 11.5. The number of aryl methyl sites for hydroxylation is 1. The molecule has 1 N–H and O–H groups in total. The van der Waals surface area contributed by atoms with E-state index < -0.39 is 10.0 Å². The molecule has 0 spiro atoms. The van der Waals surface area contributed by atoms with Crippen molar-refractivity contribution in [2.24, 2.45) is 0 Å². The monoisotopic (exact) mass is 513 g/mol. The van der Waals surface area contributed by atoms with Crippen molar-refractivity contribution in [2.45, 2.75) is 11.8 Å². The zero-order chi connectivity index (χ0) is 25.5. The molecule has 0 saturated carbocycles. The van der Waals surface area contributed by atoms with Gasteiger partial charge in [-0.05, 0) is 43.3 Å². The van der Waals surface area contributed by atoms with E-state index in [4.69, 9.17) is 14.2 Å². The largest absolute Gasteiger partial charge is 0.497 e. The van der Waals surface area contributed by atoms with Gasteiger partial charge in [0.05, 0.1) is 18.6 Å². The maximum atomic E-state index is 13.1. The number of hydrogen-bond donors (Lipinski definition) is 1. The fraction of sp³-hybridized carbons (Fsp3) is 0.360. The molecular weight excluding hydrogens is 482 g/mol. The number of hydrogen-bond acceptors (Lipinski definition) is 9. The maximum Gasteiger partial charge on any atom is 0.243 e. The molecule has 192 valence electrons. The predicted octanol–water partition coefficient (Wildman–Crippen LogP) is 3.07. The standard InChI is InChI=1S/C25H31N5O5S/c1-19-4-6-20(7-5-19)26-23-18-24(35-17-16-33-2)28-25(27-23)29-12-14-30(15-13-29)36(31,32)22-10-8-21(34-3)9-11-22/h4-11,18H,12-17H2,1-3H3,(H,26,27,28). The van der Waals surface area contributed by atoms with Crippen LogP contribution in [-0.2, 0) is 14.8 Å². The molecule has 36 heavy (non-hydrogen) atoms. The van der Waals surface area contributed by atoms with Gasteiger partial charge in [0.25, 0.3) is 0 Å². The van der Waals surface area contributed by atoms with Gasteiger partial charge in [-0.25, -0.2) is 8.42 Å². The molecule has 2 heterocycles. The van der Waals surface area contributed by atoms with Crippen LogP contribution in [0.4, 0.5) is 17.5 Å². The van der Waals surface area contributed by atoms with E-state index in [9.17, 15) is 8.42 Å². The summed E-state index contributed by atoms with van der Waals surface area (Å²) in [6.45, 7) is 4.33. The number of nitrogens with zero attached hydrogens (tertiary/aromatic N) is 4. The first-order chi connectivity index (χ1) is 17.4. The minimum Gasteiger partial charge on any atom is -0.497 e. The van der Waals surface area contributed by atoms with Gasteiger partial charge in [0.2, 0.25) is 21.9 Å². The van der Waals surface area contributed by atoms with Crippen LogP contribution in [0.1, 0.15) is 5.56 Å². The van der Waals surface area contributed by atoms with E-state index in [1.807, 2.05) is 36.1 Å². The van der Waals surface area contributed by atoms with Crippen molar-refractivity contribution in [3.8, 4) is 11.6 Å². The summed E-state index contributed by atoms with van der Waals surface area (Å²) in [6, 6.07) is 16.1. The summed E-state index contributed by atoms with van der Waals surface area (Å²) < 4.78 is 43.7. The Morgan fingerprint density at radius 2 is 1.61 bits per heavy atom. The zero-order valence-electron chi connectivity index (χ0n) is 20.7. The number of benzene rings is 2. The van der Waals surface area contributed by atoms with Gasteiger partial charge in [0.1, 0.15) is 18.2 Å². The number of methoxy groups -OCH3 is 2. The summed E-state index contributed by atoms with van der Waals surface area (Å²) in [5, 5.41) is 3.30. The SMILES string of the molecule is COCCOc1cc(Nc2ccc(C)cc2)nc(N2CCN(S(=O)(=O)c3ccc(OC)cc3)CC2)n1. The third-order valence-corrected chi connectivity index (χ3v) is 7.68. The fourth-order valence-corrected chi connectivity index (χ4v) is 5.15. The molecule has 2 aromatic carbocycles. The highest BCUT2D eigenvalue weighted by Gasteiger charge is 2.29. The Kier molecular flexibility index (Phi) is 8.24. The fourth-order valence-electron chi connectivity index (χ4n) is 3.73. The average molecular weight is 514 g/mol. The topological polar surface area (TPSA) is 106 Å². The normalized spacial score (nSPS) is 14.5. The van der Waals surface area contributed by atoms with Crippen molar-refractivity contribution in [2.75, 3.05) is 63.8 Å². The van der Waals surface area contributed by atoms with Crippen molar-refractivity contribution >= 4 is 27.5 Å². The molecule has 10 nitrogen and oxygen atoms in total. The highest BCUT2D eigenvalue weighted by molar-refractivity contribution is 7.89. The van der Waals surface area contributed by atoms with Crippen LogP contribution in [0.25, 0.3) is 0 Å². The van der Waals surface area contributed by atoms with Crippen LogP contribution in [0.2, 0.25) is 0 Å². The van der Waals surface area contributed by atoms with Crippen LogP contribution in [0.3, 0.4) is 0 Å². The van der Waals surface area contributed by atoms with Crippen LogP contribution < -0.4 is 19.7 Å². The summed E-state index contributed by atoms with van der Waals surface area (Å²) >= 11 is 0. The number of anilines is 3. The number of rotatable bonds is 10. The minimum absolute atomic E-state index is 0.242. The van der Waals surface area contributed by atoms with E-state index in [0.717, 1.165) is 11.3 Å². The molecule has 0 unspecified atom stereocenters. The van der Waals surface area contributed by atoms with Gasteiger partial charge in [0.15, 0.2) is 0 Å². The lowest BCUT2D eigenvalue weighted by Crippen LogP contribution is -2.49. The van der Waals surface area contributed by atoms with E-state index >= 15 is 0 Å². The number of nitrogens with one attached hydrogen (secondary N) is 1. The molecule has 0 atom stereocenters. The lowest BCUT2D eigenvalue weighted by Gasteiger charge is -2.34. The van der Waals surface area contributed by atoms with E-state index in [2.05, 4.69) is 15.3 Å². The van der Waals surface area contributed by atoms with Crippen LogP contribution in [0, 0.1) is 6.92 Å². The molecule has 1 aliphatic heterocycles. The quantitative estimate of drug-likeness (QED) is 0.409. The van der Waals surface area contributed by atoms with Gasteiger partial charge in [-0.1, -0.05) is 17.7 Å². The molecule has 1 saturated heterocycles. The van der Waals surface area contributed by atoms with Crippen molar-refractivity contribution < 1.29 is 22.6 Å². The molecule has 0 bridgehead atoms. The minimum atomic E-state index is -3.61. The molecule has 1 aromatic heterocycles. The molecule has 3 aromatic rings. The molecular formula is C25H31N5O5S. The van der Waals surface area contributed by atoms with Gasteiger partial charge < -0.3 is 24.4 Å². The third-order valence-electron chi connectivity index (χ3n) is 5.77. The van der Waals surface area contributed by atoms with E-state index in [1.165, 1.54) is 4.31 Å². The first-order valence-electron chi connectivity index (χ1n) is 11.6. The molecule has 1 fully saturated rings. The summed E-state index contributed by atoms with van der Waals surface area (Å²) in [7, 11) is -0.453. The smallest absolute Gasteiger partial charge is 0.243 e. The van der Waals surface area contributed by atoms with Gasteiger partial charge in [-0.2, -0.15) is 14.3 Å². The second-order valence-corrected chi connectivity index (χ2v) is 10.2. The molecule has 0 aliphatic carbocycles. The van der Waals surface area contributed by atoms with Crippen molar-refractivity contribution in [1.29, 1.82) is 0 Å². The van der Waals surface area contributed by atoms with E-state index in [1.54, 1.807) is 44.6 Å². The van der Waals surface area contributed by atoms with Gasteiger partial charge >= 0.3 is 0 Å². The molecule has 4 rings (SSSR count). The Bertz CT molecular complexity index is 1240. The Labute approximate surface area is 211 Å². The summed E-state index contributed by atoms with van der Waals surface area (Å²) in [5.74, 6) is 2.09. The Morgan fingerprint density at radius 3 is 2.25 bits per heavy atom.